The zero-order valence-corrected chi connectivity index (χ0v) is 17.1. The molecule has 2 aliphatic heterocycles. The Hall–Kier alpha value is -2.25. The van der Waals surface area contributed by atoms with Gasteiger partial charge in [0.15, 0.2) is 0 Å². The van der Waals surface area contributed by atoms with Crippen LogP contribution in [0.3, 0.4) is 0 Å². The molecule has 1 saturated heterocycles. The van der Waals surface area contributed by atoms with E-state index in [2.05, 4.69) is 54.6 Å². The molecular formula is C22H32N6O. The largest absolute Gasteiger partial charge is 0.355 e. The van der Waals surface area contributed by atoms with Crippen LogP contribution in [0.4, 0.5) is 0 Å². The predicted molar refractivity (Wildman–Crippen MR) is 113 cm³/mol. The lowest BCUT2D eigenvalue weighted by molar-refractivity contribution is -0.122. The Morgan fingerprint density at radius 1 is 1.17 bits per heavy atom. The number of piperidine rings is 1. The highest BCUT2D eigenvalue weighted by atomic mass is 16.2. The summed E-state index contributed by atoms with van der Waals surface area (Å²) in [5.41, 5.74) is 1.32. The smallest absolute Gasteiger partial charge is 0.234 e. The second-order valence-electron chi connectivity index (χ2n) is 8.14. The molecule has 2 N–H and O–H groups in total. The second-order valence-corrected chi connectivity index (χ2v) is 8.14. The van der Waals surface area contributed by atoms with Crippen molar-refractivity contribution in [2.45, 2.75) is 44.6 Å². The van der Waals surface area contributed by atoms with Gasteiger partial charge in [0.1, 0.15) is 11.6 Å². The van der Waals surface area contributed by atoms with E-state index < -0.39 is 0 Å². The molecule has 1 atom stereocenters. The van der Waals surface area contributed by atoms with Crippen molar-refractivity contribution in [1.82, 2.24) is 30.3 Å². The number of fused-ring (bicyclic) bond motifs is 1. The summed E-state index contributed by atoms with van der Waals surface area (Å²) in [6.07, 6.45) is 5.14. The van der Waals surface area contributed by atoms with Gasteiger partial charge in [0, 0.05) is 45.1 Å². The number of aryl methyl sites for hydroxylation is 1. The fraction of sp³-hybridized carbons (Fsp3) is 0.591. The lowest BCUT2D eigenvalue weighted by Crippen LogP contribution is -2.42. The molecule has 0 aliphatic carbocycles. The summed E-state index contributed by atoms with van der Waals surface area (Å²) in [6.45, 7) is 5.97. The van der Waals surface area contributed by atoms with Crippen LogP contribution in [0.25, 0.3) is 0 Å². The Labute approximate surface area is 172 Å². The zero-order chi connectivity index (χ0) is 19.9. The molecule has 7 nitrogen and oxygen atoms in total. The number of benzene rings is 1. The third-order valence-corrected chi connectivity index (χ3v) is 5.94. The van der Waals surface area contributed by atoms with E-state index in [1.807, 2.05) is 6.07 Å². The highest BCUT2D eigenvalue weighted by molar-refractivity contribution is 5.78. The van der Waals surface area contributed by atoms with Crippen LogP contribution in [0.15, 0.2) is 30.3 Å². The van der Waals surface area contributed by atoms with Crippen molar-refractivity contribution in [2.24, 2.45) is 0 Å². The van der Waals surface area contributed by atoms with Crippen molar-refractivity contribution in [2.75, 3.05) is 39.3 Å². The molecule has 7 heteroatoms. The van der Waals surface area contributed by atoms with Crippen molar-refractivity contribution in [3.8, 4) is 0 Å². The van der Waals surface area contributed by atoms with Gasteiger partial charge in [0.05, 0.1) is 6.54 Å². The number of hydrogen-bond donors (Lipinski definition) is 2. The maximum atomic E-state index is 12.4. The number of hydrogen-bond acceptors (Lipinski definition) is 5. The third kappa shape index (κ3) is 5.42. The average Bonchev–Trinajstić information content (AvgIpc) is 3.00. The highest BCUT2D eigenvalue weighted by Gasteiger charge is 2.28. The lowest BCUT2D eigenvalue weighted by atomic mass is 9.97. The summed E-state index contributed by atoms with van der Waals surface area (Å²) in [5.74, 6) is 2.70. The van der Waals surface area contributed by atoms with Gasteiger partial charge < -0.3 is 15.2 Å². The van der Waals surface area contributed by atoms with E-state index in [-0.39, 0.29) is 5.91 Å². The van der Waals surface area contributed by atoms with Crippen LogP contribution in [0, 0.1) is 0 Å². The number of amides is 1. The van der Waals surface area contributed by atoms with Crippen LogP contribution in [-0.2, 0) is 24.2 Å². The topological polar surface area (TPSA) is 75.1 Å². The minimum absolute atomic E-state index is 0.128. The highest BCUT2D eigenvalue weighted by Crippen LogP contribution is 2.26. The van der Waals surface area contributed by atoms with Crippen molar-refractivity contribution in [3.05, 3.63) is 47.5 Å². The molecule has 29 heavy (non-hydrogen) atoms. The monoisotopic (exact) mass is 396 g/mol. The van der Waals surface area contributed by atoms with Crippen molar-refractivity contribution >= 4 is 5.91 Å². The van der Waals surface area contributed by atoms with Gasteiger partial charge >= 0.3 is 0 Å². The van der Waals surface area contributed by atoms with E-state index >= 15 is 0 Å². The SMILES string of the molecule is O=C(CN1CCC[C@@H](c2nnc3n2CCNCC3)C1)NCCCc1ccccc1. The number of aromatic nitrogens is 3. The summed E-state index contributed by atoms with van der Waals surface area (Å²) in [4.78, 5) is 14.7. The molecule has 0 radical (unpaired) electrons. The normalized spacial score (nSPS) is 20.1. The van der Waals surface area contributed by atoms with Gasteiger partial charge in [-0.15, -0.1) is 10.2 Å². The molecule has 0 bridgehead atoms. The molecule has 156 valence electrons. The Balaban J connectivity index is 1.23. The van der Waals surface area contributed by atoms with Crippen molar-refractivity contribution < 1.29 is 4.79 Å². The van der Waals surface area contributed by atoms with Crippen molar-refractivity contribution in [3.63, 3.8) is 0 Å². The number of nitrogens with zero attached hydrogens (tertiary/aromatic N) is 4. The number of likely N-dealkylation sites (tertiary alicyclic amines) is 1. The molecule has 2 aromatic rings. The summed E-state index contributed by atoms with van der Waals surface area (Å²) in [7, 11) is 0. The van der Waals surface area contributed by atoms with Crippen LogP contribution in [0.2, 0.25) is 0 Å². The zero-order valence-electron chi connectivity index (χ0n) is 17.1. The van der Waals surface area contributed by atoms with Crippen LogP contribution >= 0.6 is 0 Å². The van der Waals surface area contributed by atoms with Gasteiger partial charge in [-0.3, -0.25) is 9.69 Å². The maximum Gasteiger partial charge on any atom is 0.234 e. The Morgan fingerprint density at radius 3 is 2.97 bits per heavy atom. The molecule has 0 unspecified atom stereocenters. The molecule has 0 spiro atoms. The van der Waals surface area contributed by atoms with E-state index in [0.717, 1.165) is 83.0 Å². The van der Waals surface area contributed by atoms with Crippen molar-refractivity contribution in [1.29, 1.82) is 0 Å². The molecule has 1 aromatic heterocycles. The fourth-order valence-corrected chi connectivity index (χ4v) is 4.43. The minimum Gasteiger partial charge on any atom is -0.355 e. The van der Waals surface area contributed by atoms with Crippen LogP contribution in [-0.4, -0.2) is 64.8 Å². The number of carbonyl (C=O) groups excluding carboxylic acids is 1. The summed E-state index contributed by atoms with van der Waals surface area (Å²) in [5, 5.41) is 15.5. The van der Waals surface area contributed by atoms with Gasteiger partial charge in [-0.2, -0.15) is 0 Å². The molecule has 4 rings (SSSR count). The van der Waals surface area contributed by atoms with E-state index in [9.17, 15) is 4.79 Å². The Kier molecular flexibility index (Phi) is 6.90. The Morgan fingerprint density at radius 2 is 2.07 bits per heavy atom. The van der Waals surface area contributed by atoms with Gasteiger partial charge in [0.25, 0.3) is 0 Å². The first-order valence-corrected chi connectivity index (χ1v) is 11.0. The molecule has 3 heterocycles. The first-order chi connectivity index (χ1) is 14.3. The molecule has 1 fully saturated rings. The summed E-state index contributed by atoms with van der Waals surface area (Å²) in [6, 6.07) is 10.4. The number of rotatable bonds is 7. The van der Waals surface area contributed by atoms with Crippen LogP contribution in [0.1, 0.15) is 42.4 Å². The molecule has 2 aliphatic rings. The summed E-state index contributed by atoms with van der Waals surface area (Å²) >= 11 is 0. The second kappa shape index (κ2) is 9.98. The van der Waals surface area contributed by atoms with Gasteiger partial charge in [0.2, 0.25) is 5.91 Å². The fourth-order valence-electron chi connectivity index (χ4n) is 4.43. The minimum atomic E-state index is 0.128. The quantitative estimate of drug-likeness (QED) is 0.691. The molecular weight excluding hydrogens is 364 g/mol. The predicted octanol–water partition coefficient (Wildman–Crippen LogP) is 1.35. The van der Waals surface area contributed by atoms with Gasteiger partial charge in [-0.25, -0.2) is 0 Å². The standard InChI is InChI=1S/C22H32N6O/c29-21(24-11-4-8-18-6-2-1-3-7-18)17-27-14-5-9-19(16-27)22-26-25-20-10-12-23-13-15-28(20)22/h1-3,6-7,19,23H,4-5,8-17H2,(H,24,29)/t19-/m1/s1. The lowest BCUT2D eigenvalue weighted by Gasteiger charge is -2.31. The van der Waals surface area contributed by atoms with E-state index in [1.165, 1.54) is 5.56 Å². The van der Waals surface area contributed by atoms with E-state index in [0.29, 0.717) is 12.5 Å². The van der Waals surface area contributed by atoms with E-state index in [1.54, 1.807) is 0 Å². The number of carbonyl (C=O) groups is 1. The van der Waals surface area contributed by atoms with Crippen LogP contribution < -0.4 is 10.6 Å². The molecule has 0 saturated carbocycles. The van der Waals surface area contributed by atoms with Gasteiger partial charge in [-0.1, -0.05) is 30.3 Å². The summed E-state index contributed by atoms with van der Waals surface area (Å²) < 4.78 is 2.30. The Bertz CT molecular complexity index is 790. The maximum absolute atomic E-state index is 12.4. The number of nitrogens with one attached hydrogen (secondary N) is 2. The first-order valence-electron chi connectivity index (χ1n) is 11.0. The molecule has 1 aromatic carbocycles. The first kappa shape index (κ1) is 20.0. The van der Waals surface area contributed by atoms with Gasteiger partial charge in [-0.05, 0) is 37.8 Å². The van der Waals surface area contributed by atoms with E-state index in [4.69, 9.17) is 0 Å². The average molecular weight is 397 g/mol. The molecule has 1 amide bonds. The third-order valence-electron chi connectivity index (χ3n) is 5.94. The van der Waals surface area contributed by atoms with Crippen LogP contribution in [0.5, 0.6) is 0 Å².